The van der Waals surface area contributed by atoms with Gasteiger partial charge in [-0.05, 0) is 31.2 Å². The smallest absolute Gasteiger partial charge is 0.191 e. The molecule has 0 saturated heterocycles. The van der Waals surface area contributed by atoms with Gasteiger partial charge in [-0.1, -0.05) is 28.1 Å². The molecule has 1 unspecified atom stereocenters. The molecule has 2 N–H and O–H groups in total. The molecule has 0 fully saturated rings. The highest BCUT2D eigenvalue weighted by molar-refractivity contribution is 9.10. The fourth-order valence-electron chi connectivity index (χ4n) is 2.13. The fourth-order valence-corrected chi connectivity index (χ4v) is 2.40. The molecule has 1 aromatic carbocycles. The van der Waals surface area contributed by atoms with Crippen molar-refractivity contribution in [2.24, 2.45) is 4.99 Å². The topological polar surface area (TPSA) is 58.8 Å². The number of methoxy groups -OCH3 is 1. The van der Waals surface area contributed by atoms with Gasteiger partial charge in [0.2, 0.25) is 0 Å². The standard InChI is InChI=1S/C17H22BrN3O2/c1-12(11-22-3)21-17(19-2)20-10-15-8-9-16(23-15)13-4-6-14(18)7-5-13/h4-9,12H,10-11H2,1-3H3,(H2,19,20,21). The van der Waals surface area contributed by atoms with Gasteiger partial charge in [-0.2, -0.15) is 0 Å². The number of hydrogen-bond acceptors (Lipinski definition) is 3. The van der Waals surface area contributed by atoms with Gasteiger partial charge in [0.15, 0.2) is 5.96 Å². The molecule has 5 nitrogen and oxygen atoms in total. The van der Waals surface area contributed by atoms with Crippen LogP contribution in [-0.2, 0) is 11.3 Å². The predicted molar refractivity (Wildman–Crippen MR) is 96.5 cm³/mol. The third kappa shape index (κ3) is 5.41. The summed E-state index contributed by atoms with van der Waals surface area (Å²) in [6.07, 6.45) is 0. The maximum atomic E-state index is 5.87. The van der Waals surface area contributed by atoms with E-state index < -0.39 is 0 Å². The molecule has 124 valence electrons. The fraction of sp³-hybridized carbons (Fsp3) is 0.353. The van der Waals surface area contributed by atoms with E-state index in [4.69, 9.17) is 9.15 Å². The Bertz CT molecular complexity index is 638. The van der Waals surface area contributed by atoms with Crippen molar-refractivity contribution in [2.45, 2.75) is 19.5 Å². The largest absolute Gasteiger partial charge is 0.459 e. The van der Waals surface area contributed by atoms with Crippen molar-refractivity contribution >= 4 is 21.9 Å². The van der Waals surface area contributed by atoms with Crippen LogP contribution in [0.4, 0.5) is 0 Å². The summed E-state index contributed by atoms with van der Waals surface area (Å²) in [7, 11) is 3.42. The molecule has 2 aromatic rings. The highest BCUT2D eigenvalue weighted by atomic mass is 79.9. The van der Waals surface area contributed by atoms with Crippen LogP contribution in [0.1, 0.15) is 12.7 Å². The molecule has 0 saturated carbocycles. The maximum absolute atomic E-state index is 5.87. The number of nitrogens with one attached hydrogen (secondary N) is 2. The van der Waals surface area contributed by atoms with Crippen molar-refractivity contribution in [3.05, 3.63) is 46.6 Å². The Morgan fingerprint density at radius 3 is 2.65 bits per heavy atom. The first-order valence-electron chi connectivity index (χ1n) is 7.43. The minimum atomic E-state index is 0.182. The first-order valence-corrected chi connectivity index (χ1v) is 8.22. The van der Waals surface area contributed by atoms with E-state index in [0.717, 1.165) is 27.5 Å². The van der Waals surface area contributed by atoms with Gasteiger partial charge >= 0.3 is 0 Å². The third-order valence-electron chi connectivity index (χ3n) is 3.24. The summed E-state index contributed by atoms with van der Waals surface area (Å²) >= 11 is 3.43. The Balaban J connectivity index is 1.92. The average Bonchev–Trinajstić information content (AvgIpc) is 3.01. The molecular weight excluding hydrogens is 358 g/mol. The van der Waals surface area contributed by atoms with Crippen LogP contribution in [0, 0.1) is 0 Å². The number of hydrogen-bond donors (Lipinski definition) is 2. The van der Waals surface area contributed by atoms with Crippen molar-refractivity contribution in [3.63, 3.8) is 0 Å². The molecule has 0 bridgehead atoms. The van der Waals surface area contributed by atoms with Gasteiger partial charge in [0, 0.05) is 30.2 Å². The normalized spacial score (nSPS) is 13.0. The van der Waals surface area contributed by atoms with Gasteiger partial charge in [0.05, 0.1) is 13.2 Å². The lowest BCUT2D eigenvalue weighted by molar-refractivity contribution is 0.179. The first-order chi connectivity index (χ1) is 11.1. The number of halogens is 1. The second kappa shape index (κ2) is 8.74. The zero-order chi connectivity index (χ0) is 16.7. The van der Waals surface area contributed by atoms with E-state index in [9.17, 15) is 0 Å². The van der Waals surface area contributed by atoms with Crippen LogP contribution in [0.2, 0.25) is 0 Å². The lowest BCUT2D eigenvalue weighted by atomic mass is 10.2. The summed E-state index contributed by atoms with van der Waals surface area (Å²) in [5.74, 6) is 2.42. The van der Waals surface area contributed by atoms with Crippen molar-refractivity contribution in [2.75, 3.05) is 20.8 Å². The average molecular weight is 380 g/mol. The summed E-state index contributed by atoms with van der Waals surface area (Å²) in [6.45, 7) is 3.22. The molecule has 2 rings (SSSR count). The van der Waals surface area contributed by atoms with Gasteiger partial charge in [-0.15, -0.1) is 0 Å². The molecule has 0 radical (unpaired) electrons. The van der Waals surface area contributed by atoms with Gasteiger partial charge in [0.25, 0.3) is 0 Å². The monoisotopic (exact) mass is 379 g/mol. The Morgan fingerprint density at radius 1 is 1.26 bits per heavy atom. The zero-order valence-electron chi connectivity index (χ0n) is 13.6. The molecule has 0 aliphatic heterocycles. The molecule has 6 heteroatoms. The number of rotatable bonds is 6. The van der Waals surface area contributed by atoms with Gasteiger partial charge < -0.3 is 19.8 Å². The molecule has 0 aliphatic rings. The highest BCUT2D eigenvalue weighted by Crippen LogP contribution is 2.23. The molecule has 1 heterocycles. The van der Waals surface area contributed by atoms with Crippen LogP contribution in [0.15, 0.2) is 50.3 Å². The quantitative estimate of drug-likeness (QED) is 0.596. The molecule has 0 aliphatic carbocycles. The summed E-state index contributed by atoms with van der Waals surface area (Å²) < 4.78 is 12.0. The van der Waals surface area contributed by atoms with Crippen LogP contribution in [0.5, 0.6) is 0 Å². The summed E-state index contributed by atoms with van der Waals surface area (Å²) in [4.78, 5) is 4.19. The Kier molecular flexibility index (Phi) is 6.67. The summed E-state index contributed by atoms with van der Waals surface area (Å²) in [5.41, 5.74) is 1.05. The van der Waals surface area contributed by atoms with E-state index in [1.54, 1.807) is 14.2 Å². The van der Waals surface area contributed by atoms with Crippen LogP contribution in [-0.4, -0.2) is 32.8 Å². The molecule has 1 atom stereocenters. The minimum absolute atomic E-state index is 0.182. The van der Waals surface area contributed by atoms with Crippen molar-refractivity contribution in [1.29, 1.82) is 0 Å². The van der Waals surface area contributed by atoms with Crippen LogP contribution in [0.25, 0.3) is 11.3 Å². The second-order valence-corrected chi connectivity index (χ2v) is 6.12. The van der Waals surface area contributed by atoms with Crippen LogP contribution in [0.3, 0.4) is 0 Å². The second-order valence-electron chi connectivity index (χ2n) is 5.20. The van der Waals surface area contributed by atoms with Gasteiger partial charge in [0.1, 0.15) is 11.5 Å². The maximum Gasteiger partial charge on any atom is 0.191 e. The number of furan rings is 1. The molecule has 23 heavy (non-hydrogen) atoms. The van der Waals surface area contributed by atoms with Crippen LogP contribution < -0.4 is 10.6 Å². The first kappa shape index (κ1) is 17.6. The minimum Gasteiger partial charge on any atom is -0.459 e. The molecule has 1 aromatic heterocycles. The van der Waals surface area contributed by atoms with E-state index in [2.05, 4.69) is 31.6 Å². The lowest BCUT2D eigenvalue weighted by Crippen LogP contribution is -2.43. The zero-order valence-corrected chi connectivity index (χ0v) is 15.2. The van der Waals surface area contributed by atoms with Gasteiger partial charge in [-0.3, -0.25) is 4.99 Å². The predicted octanol–water partition coefficient (Wildman–Crippen LogP) is 3.41. The van der Waals surface area contributed by atoms with Crippen molar-refractivity contribution in [3.8, 4) is 11.3 Å². The van der Waals surface area contributed by atoms with E-state index >= 15 is 0 Å². The lowest BCUT2D eigenvalue weighted by Gasteiger charge is -2.16. The van der Waals surface area contributed by atoms with Crippen molar-refractivity contribution < 1.29 is 9.15 Å². The van der Waals surface area contributed by atoms with E-state index in [1.807, 2.05) is 43.3 Å². The summed E-state index contributed by atoms with van der Waals surface area (Å²) in [6, 6.07) is 12.2. The number of benzene rings is 1. The Labute approximate surface area is 145 Å². The summed E-state index contributed by atoms with van der Waals surface area (Å²) in [5, 5.41) is 6.48. The Hall–Kier alpha value is -1.79. The molecular formula is C17H22BrN3O2. The Morgan fingerprint density at radius 2 is 2.00 bits per heavy atom. The number of aliphatic imine (C=N–C) groups is 1. The highest BCUT2D eigenvalue weighted by Gasteiger charge is 2.07. The molecule has 0 spiro atoms. The third-order valence-corrected chi connectivity index (χ3v) is 3.77. The SMILES string of the molecule is CN=C(NCc1ccc(-c2ccc(Br)cc2)o1)NC(C)COC. The van der Waals surface area contributed by atoms with Crippen molar-refractivity contribution in [1.82, 2.24) is 10.6 Å². The van der Waals surface area contributed by atoms with Crippen LogP contribution >= 0.6 is 15.9 Å². The van der Waals surface area contributed by atoms with E-state index in [1.165, 1.54) is 0 Å². The van der Waals surface area contributed by atoms with Gasteiger partial charge in [-0.25, -0.2) is 0 Å². The number of guanidine groups is 1. The van der Waals surface area contributed by atoms with E-state index in [0.29, 0.717) is 13.2 Å². The molecule has 0 amide bonds. The number of ether oxygens (including phenoxy) is 1. The van der Waals surface area contributed by atoms with E-state index in [-0.39, 0.29) is 6.04 Å². The number of nitrogens with zero attached hydrogens (tertiary/aromatic N) is 1.